The predicted octanol–water partition coefficient (Wildman–Crippen LogP) is 6.97. The zero-order valence-corrected chi connectivity index (χ0v) is 13.8. The fraction of sp³-hybridized carbons (Fsp3) is 0. The molecule has 104 valence electrons. The Morgan fingerprint density at radius 2 is 1.50 bits per heavy atom. The third kappa shape index (κ3) is 1.38. The van der Waals surface area contributed by atoms with Crippen LogP contribution in [0.4, 0.5) is 0 Å². The van der Waals surface area contributed by atoms with Gasteiger partial charge in [-0.2, -0.15) is 0 Å². The molecule has 6 aromatic rings. The first-order valence-electron chi connectivity index (χ1n) is 7.10. The molecular formula is C18H9NS3. The maximum atomic E-state index is 3.32. The number of fused-ring (bicyclic) bond motifs is 7. The van der Waals surface area contributed by atoms with Crippen molar-refractivity contribution in [3.63, 3.8) is 0 Å². The van der Waals surface area contributed by atoms with E-state index >= 15 is 0 Å². The second-order valence-electron chi connectivity index (χ2n) is 5.58. The van der Waals surface area contributed by atoms with E-state index in [0.29, 0.717) is 0 Å². The molecule has 0 aliphatic rings. The summed E-state index contributed by atoms with van der Waals surface area (Å²) in [5, 5.41) is 7.65. The minimum atomic E-state index is 1.23. The lowest BCUT2D eigenvalue weighted by Crippen LogP contribution is -1.66. The van der Waals surface area contributed by atoms with E-state index in [2.05, 4.69) is 46.8 Å². The summed E-state index contributed by atoms with van der Waals surface area (Å²) >= 11 is 5.68. The molecule has 6 rings (SSSR count). The van der Waals surface area contributed by atoms with Gasteiger partial charge in [0.2, 0.25) is 0 Å². The van der Waals surface area contributed by atoms with Crippen LogP contribution in [0.15, 0.2) is 48.0 Å². The molecule has 0 amide bonds. The maximum Gasteiger partial charge on any atom is 0.0542 e. The fourth-order valence-corrected chi connectivity index (χ4v) is 6.82. The molecule has 4 heterocycles. The number of aromatic nitrogens is 1. The first-order valence-corrected chi connectivity index (χ1v) is 9.61. The molecule has 0 saturated heterocycles. The minimum Gasteiger partial charge on any atom is -0.361 e. The van der Waals surface area contributed by atoms with Crippen molar-refractivity contribution >= 4 is 84.6 Å². The van der Waals surface area contributed by atoms with Crippen LogP contribution in [-0.2, 0) is 0 Å². The van der Waals surface area contributed by atoms with Crippen LogP contribution in [0.2, 0.25) is 0 Å². The normalized spacial score (nSPS) is 12.5. The number of hydrogen-bond acceptors (Lipinski definition) is 3. The number of hydrogen-bond donors (Lipinski definition) is 1. The molecule has 0 unspecified atom stereocenters. The number of rotatable bonds is 0. The van der Waals surface area contributed by atoms with Crippen LogP contribution in [-0.4, -0.2) is 4.98 Å². The van der Waals surface area contributed by atoms with Crippen molar-refractivity contribution in [2.24, 2.45) is 0 Å². The lowest BCUT2D eigenvalue weighted by atomic mass is 10.2. The maximum absolute atomic E-state index is 3.32. The van der Waals surface area contributed by atoms with E-state index in [-0.39, 0.29) is 0 Å². The van der Waals surface area contributed by atoms with Gasteiger partial charge in [-0.25, -0.2) is 0 Å². The van der Waals surface area contributed by atoms with Crippen molar-refractivity contribution in [1.82, 2.24) is 4.98 Å². The second kappa shape index (κ2) is 3.90. The number of thiophene rings is 3. The van der Waals surface area contributed by atoms with Crippen molar-refractivity contribution in [2.75, 3.05) is 0 Å². The zero-order chi connectivity index (χ0) is 14.3. The summed E-state index contributed by atoms with van der Waals surface area (Å²) in [5.41, 5.74) is 1.23. The van der Waals surface area contributed by atoms with E-state index in [0.717, 1.165) is 0 Å². The molecule has 22 heavy (non-hydrogen) atoms. The van der Waals surface area contributed by atoms with Gasteiger partial charge >= 0.3 is 0 Å². The van der Waals surface area contributed by atoms with E-state index in [1.807, 2.05) is 40.2 Å². The molecule has 0 aliphatic heterocycles. The Labute approximate surface area is 137 Å². The van der Waals surface area contributed by atoms with Gasteiger partial charge in [0.1, 0.15) is 0 Å². The van der Waals surface area contributed by atoms with Gasteiger partial charge in [-0.3, -0.25) is 0 Å². The standard InChI is InChI=1S/C18H9NS3/c1-3-19-13-7-15-11(5-9(1)13)17-18(21-15)12-6-10-2-4-20-14(10)8-16(12)22-17/h1-8,19H. The van der Waals surface area contributed by atoms with Crippen LogP contribution in [0.25, 0.3) is 50.6 Å². The largest absolute Gasteiger partial charge is 0.361 e. The lowest BCUT2D eigenvalue weighted by molar-refractivity contribution is 1.48. The highest BCUT2D eigenvalue weighted by Crippen LogP contribution is 2.46. The third-order valence-electron chi connectivity index (χ3n) is 4.33. The van der Waals surface area contributed by atoms with Gasteiger partial charge < -0.3 is 4.98 Å². The van der Waals surface area contributed by atoms with Gasteiger partial charge in [0.05, 0.1) is 9.40 Å². The summed E-state index contributed by atoms with van der Waals surface area (Å²) in [6.45, 7) is 0. The van der Waals surface area contributed by atoms with Crippen molar-refractivity contribution in [1.29, 1.82) is 0 Å². The summed E-state index contributed by atoms with van der Waals surface area (Å²) < 4.78 is 7.06. The topological polar surface area (TPSA) is 15.8 Å². The highest BCUT2D eigenvalue weighted by Gasteiger charge is 2.14. The number of H-pyrrole nitrogens is 1. The van der Waals surface area contributed by atoms with Gasteiger partial charge in [0.25, 0.3) is 0 Å². The number of nitrogens with one attached hydrogen (secondary N) is 1. The number of aromatic amines is 1. The van der Waals surface area contributed by atoms with E-state index in [9.17, 15) is 0 Å². The lowest BCUT2D eigenvalue weighted by Gasteiger charge is -1.93. The second-order valence-corrected chi connectivity index (χ2v) is 8.63. The molecule has 1 N–H and O–H groups in total. The summed E-state index contributed by atoms with van der Waals surface area (Å²) in [6.07, 6.45) is 2.02. The van der Waals surface area contributed by atoms with Crippen molar-refractivity contribution < 1.29 is 0 Å². The van der Waals surface area contributed by atoms with Crippen LogP contribution in [0, 0.1) is 0 Å². The first-order chi connectivity index (χ1) is 10.9. The molecule has 0 spiro atoms. The molecule has 0 bridgehead atoms. The molecule has 4 aromatic heterocycles. The van der Waals surface area contributed by atoms with Crippen LogP contribution in [0.5, 0.6) is 0 Å². The minimum absolute atomic E-state index is 1.23. The molecule has 0 radical (unpaired) electrons. The van der Waals surface area contributed by atoms with Crippen LogP contribution in [0.1, 0.15) is 0 Å². The predicted molar refractivity (Wildman–Crippen MR) is 102 cm³/mol. The summed E-state index contributed by atoms with van der Waals surface area (Å²) in [5.74, 6) is 0. The van der Waals surface area contributed by atoms with E-state index in [1.165, 1.54) is 50.6 Å². The molecule has 0 aliphatic carbocycles. The summed E-state index contributed by atoms with van der Waals surface area (Å²) in [4.78, 5) is 3.32. The van der Waals surface area contributed by atoms with Crippen molar-refractivity contribution in [3.05, 3.63) is 48.0 Å². The van der Waals surface area contributed by atoms with Gasteiger partial charge in [-0.1, -0.05) is 0 Å². The molecule has 0 atom stereocenters. The average molecular weight is 335 g/mol. The average Bonchev–Trinajstić information content (AvgIpc) is 3.25. The molecule has 2 aromatic carbocycles. The molecule has 0 fully saturated rings. The molecule has 0 saturated carbocycles. The van der Waals surface area contributed by atoms with Gasteiger partial charge in [-0.05, 0) is 47.2 Å². The Balaban J connectivity index is 1.86. The van der Waals surface area contributed by atoms with Gasteiger partial charge in [-0.15, -0.1) is 34.0 Å². The molecule has 1 nitrogen and oxygen atoms in total. The van der Waals surface area contributed by atoms with E-state index in [1.54, 1.807) is 0 Å². The van der Waals surface area contributed by atoms with E-state index in [4.69, 9.17) is 0 Å². The van der Waals surface area contributed by atoms with E-state index < -0.39 is 0 Å². The number of benzene rings is 2. The van der Waals surface area contributed by atoms with Crippen molar-refractivity contribution in [3.8, 4) is 0 Å². The summed E-state index contributed by atoms with van der Waals surface area (Å²) in [6, 6.07) is 13.7. The zero-order valence-electron chi connectivity index (χ0n) is 11.3. The van der Waals surface area contributed by atoms with Crippen LogP contribution >= 0.6 is 34.0 Å². The smallest absolute Gasteiger partial charge is 0.0542 e. The van der Waals surface area contributed by atoms with Gasteiger partial charge in [0.15, 0.2) is 0 Å². The van der Waals surface area contributed by atoms with Crippen LogP contribution in [0.3, 0.4) is 0 Å². The Morgan fingerprint density at radius 1 is 0.727 bits per heavy atom. The SMILES string of the molecule is c1cc2cc3c(cc2[nH]1)sc1c2cc4ccsc4cc2sc31. The Kier molecular flexibility index (Phi) is 2.07. The Morgan fingerprint density at radius 3 is 2.36 bits per heavy atom. The third-order valence-corrected chi connectivity index (χ3v) is 7.71. The fourth-order valence-electron chi connectivity index (χ4n) is 3.26. The summed E-state index contributed by atoms with van der Waals surface area (Å²) in [7, 11) is 0. The highest BCUT2D eigenvalue weighted by atomic mass is 32.1. The highest BCUT2D eigenvalue weighted by molar-refractivity contribution is 7.36. The Hall–Kier alpha value is -1.88. The van der Waals surface area contributed by atoms with Crippen molar-refractivity contribution in [2.45, 2.75) is 0 Å². The first kappa shape index (κ1) is 11.7. The quantitative estimate of drug-likeness (QED) is 0.309. The van der Waals surface area contributed by atoms with Gasteiger partial charge in [0, 0.05) is 42.0 Å². The monoisotopic (exact) mass is 335 g/mol. The Bertz CT molecular complexity index is 1220. The molecule has 4 heteroatoms. The van der Waals surface area contributed by atoms with Crippen LogP contribution < -0.4 is 0 Å². The molecular weight excluding hydrogens is 326 g/mol.